The summed E-state index contributed by atoms with van der Waals surface area (Å²) in [6.45, 7) is 1.36. The van der Waals surface area contributed by atoms with Gasteiger partial charge in [0.2, 0.25) is 0 Å². The number of anilines is 1. The lowest BCUT2D eigenvalue weighted by Crippen LogP contribution is -2.38. The molecule has 1 aromatic rings. The first-order chi connectivity index (χ1) is 9.93. The van der Waals surface area contributed by atoms with Gasteiger partial charge >= 0.3 is 0 Å². The van der Waals surface area contributed by atoms with Crippen molar-refractivity contribution in [3.8, 4) is 0 Å². The lowest BCUT2D eigenvalue weighted by Gasteiger charge is -2.29. The fraction of sp³-hybridized carbons (Fsp3) is 0.500. The molecule has 1 heterocycles. The monoisotopic (exact) mass is 298 g/mol. The first-order valence-corrected chi connectivity index (χ1v) is 6.82. The summed E-state index contributed by atoms with van der Waals surface area (Å²) >= 11 is 0. The van der Waals surface area contributed by atoms with Gasteiger partial charge in [0, 0.05) is 24.7 Å². The number of amidine groups is 1. The Morgan fingerprint density at radius 2 is 2.05 bits per heavy atom. The number of nitrogens with two attached hydrogens (primary N) is 1. The molecule has 0 aromatic heterocycles. The van der Waals surface area contributed by atoms with Crippen molar-refractivity contribution in [1.29, 1.82) is 0 Å². The van der Waals surface area contributed by atoms with Gasteiger partial charge in [0.15, 0.2) is 5.84 Å². The quantitative estimate of drug-likeness (QED) is 0.383. The molecule has 116 valence electrons. The Morgan fingerprint density at radius 1 is 1.43 bits per heavy atom. The minimum Gasteiger partial charge on any atom is -0.409 e. The molecule has 0 amide bonds. The SMILES string of the molecule is CN(C)CC1CCCN1c1c(F)cc(C(N)=NO)cc1F. The van der Waals surface area contributed by atoms with E-state index >= 15 is 0 Å². The van der Waals surface area contributed by atoms with Gasteiger partial charge in [-0.05, 0) is 39.1 Å². The standard InChI is InChI=1S/C14H20F2N4O/c1-19(2)8-10-4-3-5-20(10)13-11(15)6-9(7-12(13)16)14(17)18-21/h6-7,10,21H,3-5,8H2,1-2H3,(H2,17,18). The summed E-state index contributed by atoms with van der Waals surface area (Å²) in [5.41, 5.74) is 5.37. The summed E-state index contributed by atoms with van der Waals surface area (Å²) in [6, 6.07) is 2.27. The third kappa shape index (κ3) is 3.24. The molecule has 21 heavy (non-hydrogen) atoms. The number of nitrogens with zero attached hydrogens (tertiary/aromatic N) is 3. The third-order valence-corrected chi connectivity index (χ3v) is 3.66. The molecule has 0 aliphatic carbocycles. The Kier molecular flexibility index (Phi) is 4.62. The molecule has 1 fully saturated rings. The van der Waals surface area contributed by atoms with Gasteiger partial charge in [-0.15, -0.1) is 0 Å². The molecule has 1 unspecified atom stereocenters. The van der Waals surface area contributed by atoms with Crippen molar-refractivity contribution in [1.82, 2.24) is 4.90 Å². The number of benzene rings is 1. The lowest BCUT2D eigenvalue weighted by atomic mass is 10.1. The van der Waals surface area contributed by atoms with Crippen LogP contribution in [-0.2, 0) is 0 Å². The zero-order chi connectivity index (χ0) is 15.6. The maximum Gasteiger partial charge on any atom is 0.170 e. The highest BCUT2D eigenvalue weighted by Crippen LogP contribution is 2.31. The van der Waals surface area contributed by atoms with Crippen LogP contribution in [0.15, 0.2) is 17.3 Å². The molecule has 1 aromatic carbocycles. The molecule has 1 aliphatic rings. The van der Waals surface area contributed by atoms with Crippen molar-refractivity contribution < 1.29 is 14.0 Å². The van der Waals surface area contributed by atoms with Gasteiger partial charge in [-0.1, -0.05) is 5.16 Å². The van der Waals surface area contributed by atoms with E-state index in [1.165, 1.54) is 0 Å². The molecule has 5 nitrogen and oxygen atoms in total. The fourth-order valence-corrected chi connectivity index (χ4v) is 2.79. The number of oxime groups is 1. The Bertz CT molecular complexity index is 525. The summed E-state index contributed by atoms with van der Waals surface area (Å²) < 4.78 is 28.6. The van der Waals surface area contributed by atoms with Gasteiger partial charge in [-0.3, -0.25) is 0 Å². The minimum atomic E-state index is -0.692. The second-order valence-electron chi connectivity index (χ2n) is 5.53. The molecule has 0 saturated carbocycles. The highest BCUT2D eigenvalue weighted by molar-refractivity contribution is 5.97. The number of hydrogen-bond donors (Lipinski definition) is 2. The zero-order valence-corrected chi connectivity index (χ0v) is 12.2. The van der Waals surface area contributed by atoms with Crippen molar-refractivity contribution in [2.24, 2.45) is 10.9 Å². The van der Waals surface area contributed by atoms with Crippen molar-refractivity contribution in [3.05, 3.63) is 29.3 Å². The first kappa shape index (κ1) is 15.5. The van der Waals surface area contributed by atoms with Crippen LogP contribution in [-0.4, -0.2) is 49.2 Å². The van der Waals surface area contributed by atoms with E-state index in [1.807, 2.05) is 19.0 Å². The van der Waals surface area contributed by atoms with E-state index in [-0.39, 0.29) is 23.1 Å². The molecule has 1 atom stereocenters. The summed E-state index contributed by atoms with van der Waals surface area (Å²) in [5.74, 6) is -1.70. The van der Waals surface area contributed by atoms with Gasteiger partial charge in [-0.2, -0.15) is 0 Å². The van der Waals surface area contributed by atoms with E-state index in [1.54, 1.807) is 4.90 Å². The minimum absolute atomic E-state index is 0.0274. The Hall–Kier alpha value is -1.89. The van der Waals surface area contributed by atoms with Crippen LogP contribution < -0.4 is 10.6 Å². The maximum atomic E-state index is 14.3. The summed E-state index contributed by atoms with van der Waals surface area (Å²) in [7, 11) is 3.87. The van der Waals surface area contributed by atoms with Crippen LogP contribution in [0.4, 0.5) is 14.5 Å². The van der Waals surface area contributed by atoms with Gasteiger partial charge in [0.1, 0.15) is 17.3 Å². The first-order valence-electron chi connectivity index (χ1n) is 6.82. The summed E-state index contributed by atoms with van der Waals surface area (Å²) in [6.07, 6.45) is 1.80. The van der Waals surface area contributed by atoms with Crippen molar-refractivity contribution in [2.45, 2.75) is 18.9 Å². The van der Waals surface area contributed by atoms with Gasteiger partial charge in [0.05, 0.1) is 0 Å². The van der Waals surface area contributed by atoms with E-state index in [4.69, 9.17) is 10.9 Å². The van der Waals surface area contributed by atoms with Crippen molar-refractivity contribution in [2.75, 3.05) is 32.1 Å². The van der Waals surface area contributed by atoms with Crippen molar-refractivity contribution >= 4 is 11.5 Å². The summed E-state index contributed by atoms with van der Waals surface area (Å²) in [5, 5.41) is 11.4. The van der Waals surface area contributed by atoms with E-state index in [2.05, 4.69) is 5.16 Å². The number of halogens is 2. The molecule has 0 spiro atoms. The van der Waals surface area contributed by atoms with Crippen LogP contribution in [0, 0.1) is 11.6 Å². The fourth-order valence-electron chi connectivity index (χ4n) is 2.79. The number of likely N-dealkylation sites (N-methyl/N-ethyl adjacent to an activating group) is 1. The smallest absolute Gasteiger partial charge is 0.170 e. The molecule has 1 saturated heterocycles. The third-order valence-electron chi connectivity index (χ3n) is 3.66. The largest absolute Gasteiger partial charge is 0.409 e. The highest BCUT2D eigenvalue weighted by atomic mass is 19.1. The molecular weight excluding hydrogens is 278 g/mol. The number of hydrogen-bond acceptors (Lipinski definition) is 4. The van der Waals surface area contributed by atoms with E-state index < -0.39 is 11.6 Å². The van der Waals surface area contributed by atoms with Gasteiger partial charge < -0.3 is 20.7 Å². The molecule has 2 rings (SSSR count). The molecule has 1 aliphatic heterocycles. The van der Waals surface area contributed by atoms with E-state index in [0.29, 0.717) is 6.54 Å². The molecular formula is C14H20F2N4O. The van der Waals surface area contributed by atoms with Crippen LogP contribution >= 0.6 is 0 Å². The normalized spacial score (nSPS) is 19.6. The maximum absolute atomic E-state index is 14.3. The highest BCUT2D eigenvalue weighted by Gasteiger charge is 2.29. The molecule has 0 bridgehead atoms. The van der Waals surface area contributed by atoms with Crippen LogP contribution in [0.5, 0.6) is 0 Å². The number of rotatable bonds is 4. The van der Waals surface area contributed by atoms with Crippen molar-refractivity contribution in [3.63, 3.8) is 0 Å². The second-order valence-corrected chi connectivity index (χ2v) is 5.53. The van der Waals surface area contributed by atoms with Crippen LogP contribution in [0.2, 0.25) is 0 Å². The van der Waals surface area contributed by atoms with E-state index in [0.717, 1.165) is 31.5 Å². The lowest BCUT2D eigenvalue weighted by molar-refractivity contribution is 0.318. The topological polar surface area (TPSA) is 65.1 Å². The van der Waals surface area contributed by atoms with Gasteiger partial charge in [0.25, 0.3) is 0 Å². The molecule has 0 radical (unpaired) electrons. The average molecular weight is 298 g/mol. The van der Waals surface area contributed by atoms with Crippen LogP contribution in [0.25, 0.3) is 0 Å². The predicted octanol–water partition coefficient (Wildman–Crippen LogP) is 1.59. The van der Waals surface area contributed by atoms with Crippen LogP contribution in [0.1, 0.15) is 18.4 Å². The molecule has 7 heteroatoms. The Morgan fingerprint density at radius 3 is 2.57 bits per heavy atom. The van der Waals surface area contributed by atoms with Gasteiger partial charge in [-0.25, -0.2) is 8.78 Å². The Balaban J connectivity index is 2.35. The summed E-state index contributed by atoms with van der Waals surface area (Å²) in [4.78, 5) is 3.77. The second kappa shape index (κ2) is 6.26. The molecule has 3 N–H and O–H groups in total. The predicted molar refractivity (Wildman–Crippen MR) is 77.8 cm³/mol. The zero-order valence-electron chi connectivity index (χ0n) is 12.2. The van der Waals surface area contributed by atoms with Crippen LogP contribution in [0.3, 0.4) is 0 Å². The van der Waals surface area contributed by atoms with E-state index in [9.17, 15) is 8.78 Å². The Labute approximate surface area is 122 Å². The average Bonchev–Trinajstić information content (AvgIpc) is 2.84.